The molecule has 2 amide bonds. The third-order valence-corrected chi connectivity index (χ3v) is 2.76. The summed E-state index contributed by atoms with van der Waals surface area (Å²) in [7, 11) is 0. The number of amides is 2. The lowest BCUT2D eigenvalue weighted by molar-refractivity contribution is 0.0686. The van der Waals surface area contributed by atoms with Crippen molar-refractivity contribution in [1.82, 2.24) is 5.32 Å². The summed E-state index contributed by atoms with van der Waals surface area (Å²) < 4.78 is 26.7. The molecule has 0 heterocycles. The van der Waals surface area contributed by atoms with Gasteiger partial charge in [0.05, 0.1) is 0 Å². The highest BCUT2D eigenvalue weighted by Gasteiger charge is 2.22. The second kappa shape index (κ2) is 5.21. The van der Waals surface area contributed by atoms with Gasteiger partial charge in [-0.1, -0.05) is 0 Å². The number of urea groups is 1. The monoisotopic (exact) mass is 270 g/mol. The number of hydrogen-bond donors (Lipinski definition) is 3. The molecule has 3 N–H and O–H groups in total. The van der Waals surface area contributed by atoms with E-state index in [0.717, 1.165) is 25.0 Å². The normalized spacial score (nSPS) is 14.0. The highest BCUT2D eigenvalue weighted by atomic mass is 19.1. The molecule has 1 fully saturated rings. The van der Waals surface area contributed by atoms with Gasteiger partial charge in [-0.05, 0) is 30.9 Å². The van der Waals surface area contributed by atoms with Crippen LogP contribution < -0.4 is 10.6 Å². The van der Waals surface area contributed by atoms with E-state index in [1.807, 2.05) is 0 Å². The standard InChI is InChI=1S/C12H12F2N2O3/c13-8-3-7(4-9(14)10(8)11(17)18)16-12(19)15-5-6-1-2-6/h3-4,6H,1-2,5H2,(H,17,18)(H2,15,16,19). The number of carboxylic acid groups (broad SMARTS) is 1. The zero-order valence-corrected chi connectivity index (χ0v) is 9.87. The molecule has 2 rings (SSSR count). The molecule has 0 aromatic heterocycles. The summed E-state index contributed by atoms with van der Waals surface area (Å²) in [4.78, 5) is 22.0. The first-order chi connectivity index (χ1) is 8.97. The van der Waals surface area contributed by atoms with Gasteiger partial charge in [0.25, 0.3) is 0 Å². The Kier molecular flexibility index (Phi) is 3.64. The fraction of sp³-hybridized carbons (Fsp3) is 0.333. The van der Waals surface area contributed by atoms with Gasteiger partial charge in [0, 0.05) is 12.2 Å². The maximum Gasteiger partial charge on any atom is 0.341 e. The van der Waals surface area contributed by atoms with E-state index < -0.39 is 29.2 Å². The first-order valence-corrected chi connectivity index (χ1v) is 5.74. The Balaban J connectivity index is 2.03. The van der Waals surface area contributed by atoms with E-state index >= 15 is 0 Å². The number of carbonyl (C=O) groups is 2. The van der Waals surface area contributed by atoms with E-state index in [1.54, 1.807) is 0 Å². The van der Waals surface area contributed by atoms with Crippen molar-refractivity contribution in [3.05, 3.63) is 29.3 Å². The number of halogens is 2. The average molecular weight is 270 g/mol. The Morgan fingerprint density at radius 1 is 1.26 bits per heavy atom. The molecule has 0 unspecified atom stereocenters. The summed E-state index contributed by atoms with van der Waals surface area (Å²) in [5.74, 6) is -3.68. The van der Waals surface area contributed by atoms with Crippen LogP contribution in [0.4, 0.5) is 19.3 Å². The summed E-state index contributed by atoms with van der Waals surface area (Å²) in [5.41, 5.74) is -1.17. The lowest BCUT2D eigenvalue weighted by Gasteiger charge is -2.08. The Labute approximate surface area is 107 Å². The van der Waals surface area contributed by atoms with Crippen molar-refractivity contribution in [3.8, 4) is 0 Å². The number of anilines is 1. The number of nitrogens with one attached hydrogen (secondary N) is 2. The van der Waals surface area contributed by atoms with Crippen molar-refractivity contribution >= 4 is 17.7 Å². The minimum atomic E-state index is -1.69. The van der Waals surface area contributed by atoms with Crippen LogP contribution >= 0.6 is 0 Å². The van der Waals surface area contributed by atoms with Gasteiger partial charge in [-0.2, -0.15) is 0 Å². The van der Waals surface area contributed by atoms with Crippen molar-refractivity contribution in [2.24, 2.45) is 5.92 Å². The molecule has 0 bridgehead atoms. The van der Waals surface area contributed by atoms with Crippen LogP contribution in [0, 0.1) is 17.6 Å². The van der Waals surface area contributed by atoms with Gasteiger partial charge in [-0.3, -0.25) is 0 Å². The smallest absolute Gasteiger partial charge is 0.341 e. The fourth-order valence-corrected chi connectivity index (χ4v) is 1.58. The highest BCUT2D eigenvalue weighted by Crippen LogP contribution is 2.27. The number of benzene rings is 1. The molecule has 102 valence electrons. The summed E-state index contributed by atoms with van der Waals surface area (Å²) in [6, 6.07) is 0.959. The van der Waals surface area contributed by atoms with E-state index in [-0.39, 0.29) is 5.69 Å². The SMILES string of the molecule is O=C(NCC1CC1)Nc1cc(F)c(C(=O)O)c(F)c1. The van der Waals surface area contributed by atoms with E-state index in [0.29, 0.717) is 12.5 Å². The fourth-order valence-electron chi connectivity index (χ4n) is 1.58. The van der Waals surface area contributed by atoms with Gasteiger partial charge >= 0.3 is 12.0 Å². The van der Waals surface area contributed by atoms with Crippen molar-refractivity contribution in [1.29, 1.82) is 0 Å². The summed E-state index contributed by atoms with van der Waals surface area (Å²) >= 11 is 0. The molecule has 19 heavy (non-hydrogen) atoms. The van der Waals surface area contributed by atoms with Crippen molar-refractivity contribution < 1.29 is 23.5 Å². The minimum Gasteiger partial charge on any atom is -0.477 e. The molecule has 1 aliphatic rings. The van der Waals surface area contributed by atoms with Gasteiger partial charge in [0.2, 0.25) is 0 Å². The maximum absolute atomic E-state index is 13.3. The first kappa shape index (κ1) is 13.3. The second-order valence-electron chi connectivity index (χ2n) is 4.40. The molecule has 1 saturated carbocycles. The Morgan fingerprint density at radius 2 is 1.84 bits per heavy atom. The second-order valence-corrected chi connectivity index (χ2v) is 4.40. The Hall–Kier alpha value is -2.18. The highest BCUT2D eigenvalue weighted by molar-refractivity contribution is 5.92. The third-order valence-electron chi connectivity index (χ3n) is 2.76. The van der Waals surface area contributed by atoms with Crippen LogP contribution in [-0.4, -0.2) is 23.7 Å². The Bertz CT molecular complexity index is 507. The predicted octanol–water partition coefficient (Wildman–Crippen LogP) is 2.19. The first-order valence-electron chi connectivity index (χ1n) is 5.74. The molecule has 1 aliphatic carbocycles. The van der Waals surface area contributed by atoms with Gasteiger partial charge in [-0.15, -0.1) is 0 Å². The molecule has 1 aromatic carbocycles. The van der Waals surface area contributed by atoms with E-state index in [4.69, 9.17) is 5.11 Å². The van der Waals surface area contributed by atoms with E-state index in [1.165, 1.54) is 0 Å². The number of hydrogen-bond acceptors (Lipinski definition) is 2. The number of aromatic carboxylic acids is 1. The van der Waals surface area contributed by atoms with Crippen LogP contribution in [0.5, 0.6) is 0 Å². The molecule has 5 nitrogen and oxygen atoms in total. The molecule has 7 heteroatoms. The summed E-state index contributed by atoms with van der Waals surface area (Å²) in [6.07, 6.45) is 2.13. The average Bonchev–Trinajstić information content (AvgIpc) is 3.08. The lowest BCUT2D eigenvalue weighted by atomic mass is 10.2. The van der Waals surface area contributed by atoms with Crippen LogP contribution in [0.3, 0.4) is 0 Å². The van der Waals surface area contributed by atoms with Crippen LogP contribution in [0.1, 0.15) is 23.2 Å². The molecule has 0 spiro atoms. The van der Waals surface area contributed by atoms with Crippen molar-refractivity contribution in [2.45, 2.75) is 12.8 Å². The minimum absolute atomic E-state index is 0.131. The summed E-state index contributed by atoms with van der Waals surface area (Å²) in [5, 5.41) is 13.4. The van der Waals surface area contributed by atoms with Crippen molar-refractivity contribution in [2.75, 3.05) is 11.9 Å². The summed E-state index contributed by atoms with van der Waals surface area (Å²) in [6.45, 7) is 0.518. The molecule has 0 aliphatic heterocycles. The van der Waals surface area contributed by atoms with Crippen LogP contribution in [0.2, 0.25) is 0 Å². The van der Waals surface area contributed by atoms with Gasteiger partial charge in [0.1, 0.15) is 17.2 Å². The maximum atomic E-state index is 13.3. The molecular weight excluding hydrogens is 258 g/mol. The topological polar surface area (TPSA) is 78.4 Å². The zero-order valence-electron chi connectivity index (χ0n) is 9.87. The van der Waals surface area contributed by atoms with Gasteiger partial charge < -0.3 is 15.7 Å². The van der Waals surface area contributed by atoms with Crippen LogP contribution in [-0.2, 0) is 0 Å². The quantitative estimate of drug-likeness (QED) is 0.784. The zero-order chi connectivity index (χ0) is 14.0. The molecule has 0 radical (unpaired) electrons. The van der Waals surface area contributed by atoms with Crippen LogP contribution in [0.25, 0.3) is 0 Å². The number of carboxylic acids is 1. The molecule has 0 atom stereocenters. The van der Waals surface area contributed by atoms with Crippen molar-refractivity contribution in [3.63, 3.8) is 0 Å². The molecule has 1 aromatic rings. The van der Waals surface area contributed by atoms with Gasteiger partial charge in [-0.25, -0.2) is 18.4 Å². The van der Waals surface area contributed by atoms with Crippen LogP contribution in [0.15, 0.2) is 12.1 Å². The third kappa shape index (κ3) is 3.40. The number of carbonyl (C=O) groups excluding carboxylic acids is 1. The molecular formula is C12H12F2N2O3. The number of rotatable bonds is 4. The van der Waals surface area contributed by atoms with E-state index in [9.17, 15) is 18.4 Å². The predicted molar refractivity (Wildman–Crippen MR) is 63.1 cm³/mol. The van der Waals surface area contributed by atoms with Gasteiger partial charge in [0.15, 0.2) is 0 Å². The Morgan fingerprint density at radius 3 is 2.32 bits per heavy atom. The van der Waals surface area contributed by atoms with E-state index in [2.05, 4.69) is 10.6 Å². The largest absolute Gasteiger partial charge is 0.477 e. The molecule has 0 saturated heterocycles. The lowest BCUT2D eigenvalue weighted by Crippen LogP contribution is -2.30.